The molecule has 3 N–H and O–H groups in total. The lowest BCUT2D eigenvalue weighted by atomic mass is 9.95. The second kappa shape index (κ2) is 5.90. The van der Waals surface area contributed by atoms with Gasteiger partial charge in [0.05, 0.1) is 18.8 Å². The molecule has 0 bridgehead atoms. The van der Waals surface area contributed by atoms with Gasteiger partial charge < -0.3 is 9.47 Å². The van der Waals surface area contributed by atoms with Gasteiger partial charge >= 0.3 is 0 Å². The second-order valence-corrected chi connectivity index (χ2v) is 5.38. The van der Waals surface area contributed by atoms with Gasteiger partial charge in [0, 0.05) is 18.6 Å². The molecule has 2 atom stereocenters. The Morgan fingerprint density at radius 2 is 2.26 bits per heavy atom. The van der Waals surface area contributed by atoms with Crippen LogP contribution in [0, 0.1) is 0 Å². The molecule has 104 valence electrons. The summed E-state index contributed by atoms with van der Waals surface area (Å²) < 4.78 is 11.6. The number of rotatable bonds is 4. The average molecular weight is 262 g/mol. The highest BCUT2D eigenvalue weighted by atomic mass is 16.5. The third-order valence-electron chi connectivity index (χ3n) is 4.09. The molecule has 1 saturated heterocycles. The van der Waals surface area contributed by atoms with Crippen molar-refractivity contribution in [2.24, 2.45) is 5.84 Å². The van der Waals surface area contributed by atoms with E-state index in [1.165, 1.54) is 24.0 Å². The topological polar surface area (TPSA) is 56.5 Å². The van der Waals surface area contributed by atoms with E-state index in [1.807, 2.05) is 0 Å². The Kier molecular flexibility index (Phi) is 4.01. The molecule has 2 aliphatic rings. The standard InChI is InChI=1S/C15H22N2O2/c16-17-14(10-12-5-1-2-8-18-12)13-6-3-4-11-7-9-19-15(11)13/h3-4,6,12,14,17H,1-2,5,7-10,16H2. The predicted molar refractivity (Wildman–Crippen MR) is 73.9 cm³/mol. The molecule has 19 heavy (non-hydrogen) atoms. The van der Waals surface area contributed by atoms with E-state index in [9.17, 15) is 0 Å². The normalized spacial score (nSPS) is 23.7. The van der Waals surface area contributed by atoms with Crippen LogP contribution in [0.3, 0.4) is 0 Å². The van der Waals surface area contributed by atoms with Crippen molar-refractivity contribution in [3.05, 3.63) is 29.3 Å². The van der Waals surface area contributed by atoms with Crippen LogP contribution in [0.1, 0.15) is 42.9 Å². The first-order valence-electron chi connectivity index (χ1n) is 7.21. The quantitative estimate of drug-likeness (QED) is 0.644. The molecule has 0 saturated carbocycles. The lowest BCUT2D eigenvalue weighted by Gasteiger charge is -2.27. The van der Waals surface area contributed by atoms with Gasteiger partial charge in [-0.15, -0.1) is 0 Å². The van der Waals surface area contributed by atoms with Crippen LogP contribution in [0.2, 0.25) is 0 Å². The van der Waals surface area contributed by atoms with Crippen LogP contribution in [-0.2, 0) is 11.2 Å². The van der Waals surface area contributed by atoms with Crippen LogP contribution < -0.4 is 16.0 Å². The summed E-state index contributed by atoms with van der Waals surface area (Å²) in [7, 11) is 0. The number of para-hydroxylation sites is 1. The Labute approximate surface area is 114 Å². The van der Waals surface area contributed by atoms with Gasteiger partial charge in [-0.3, -0.25) is 11.3 Å². The molecule has 3 rings (SSSR count). The Hall–Kier alpha value is -1.10. The van der Waals surface area contributed by atoms with Crippen LogP contribution >= 0.6 is 0 Å². The molecule has 1 aromatic rings. The number of nitrogens with one attached hydrogen (secondary N) is 1. The predicted octanol–water partition coefficient (Wildman–Crippen LogP) is 2.09. The number of nitrogens with two attached hydrogens (primary N) is 1. The van der Waals surface area contributed by atoms with Crippen molar-refractivity contribution in [1.29, 1.82) is 0 Å². The monoisotopic (exact) mass is 262 g/mol. The molecule has 1 fully saturated rings. The summed E-state index contributed by atoms with van der Waals surface area (Å²) in [4.78, 5) is 0. The fourth-order valence-corrected chi connectivity index (χ4v) is 3.06. The van der Waals surface area contributed by atoms with E-state index < -0.39 is 0 Å². The van der Waals surface area contributed by atoms with Crippen molar-refractivity contribution in [3.63, 3.8) is 0 Å². The zero-order valence-electron chi connectivity index (χ0n) is 11.2. The summed E-state index contributed by atoms with van der Waals surface area (Å²) in [5.41, 5.74) is 5.40. The number of benzene rings is 1. The molecule has 0 aliphatic carbocycles. The van der Waals surface area contributed by atoms with Gasteiger partial charge in [-0.05, 0) is 31.2 Å². The molecule has 4 nitrogen and oxygen atoms in total. The summed E-state index contributed by atoms with van der Waals surface area (Å²) >= 11 is 0. The molecular formula is C15H22N2O2. The lowest BCUT2D eigenvalue weighted by molar-refractivity contribution is 0.00490. The zero-order valence-corrected chi connectivity index (χ0v) is 11.2. The highest BCUT2D eigenvalue weighted by Crippen LogP contribution is 2.35. The van der Waals surface area contributed by atoms with E-state index in [2.05, 4.69) is 23.6 Å². The van der Waals surface area contributed by atoms with E-state index in [1.54, 1.807) is 0 Å². The minimum absolute atomic E-state index is 0.108. The van der Waals surface area contributed by atoms with Crippen LogP contribution in [0.15, 0.2) is 18.2 Å². The number of fused-ring (bicyclic) bond motifs is 1. The molecule has 0 spiro atoms. The van der Waals surface area contributed by atoms with Crippen LogP contribution in [0.25, 0.3) is 0 Å². The number of hydrogen-bond acceptors (Lipinski definition) is 4. The third kappa shape index (κ3) is 2.76. The summed E-state index contributed by atoms with van der Waals surface area (Å²) in [5.74, 6) is 6.78. The van der Waals surface area contributed by atoms with Crippen molar-refractivity contribution < 1.29 is 9.47 Å². The van der Waals surface area contributed by atoms with Crippen LogP contribution in [0.5, 0.6) is 5.75 Å². The molecule has 0 aromatic heterocycles. The van der Waals surface area contributed by atoms with E-state index in [-0.39, 0.29) is 6.04 Å². The van der Waals surface area contributed by atoms with Gasteiger partial charge in [0.25, 0.3) is 0 Å². The molecular weight excluding hydrogens is 240 g/mol. The molecule has 1 aromatic carbocycles. The maximum atomic E-state index is 5.81. The van der Waals surface area contributed by atoms with E-state index in [4.69, 9.17) is 15.3 Å². The summed E-state index contributed by atoms with van der Waals surface area (Å²) in [6.07, 6.45) is 5.80. The van der Waals surface area contributed by atoms with Crippen LogP contribution in [0.4, 0.5) is 0 Å². The first-order chi connectivity index (χ1) is 9.38. The Bertz CT molecular complexity index is 430. The minimum Gasteiger partial charge on any atom is -0.493 e. The highest BCUT2D eigenvalue weighted by Gasteiger charge is 2.25. The second-order valence-electron chi connectivity index (χ2n) is 5.38. The first kappa shape index (κ1) is 12.9. The van der Waals surface area contributed by atoms with Crippen molar-refractivity contribution >= 4 is 0 Å². The Morgan fingerprint density at radius 1 is 1.32 bits per heavy atom. The fraction of sp³-hybridized carbons (Fsp3) is 0.600. The Balaban J connectivity index is 1.76. The first-order valence-corrected chi connectivity index (χ1v) is 7.21. The lowest BCUT2D eigenvalue weighted by Crippen LogP contribution is -2.33. The molecule has 0 radical (unpaired) electrons. The zero-order chi connectivity index (χ0) is 13.1. The van der Waals surface area contributed by atoms with Crippen LogP contribution in [-0.4, -0.2) is 19.3 Å². The smallest absolute Gasteiger partial charge is 0.127 e. The summed E-state index contributed by atoms with van der Waals surface area (Å²) in [6, 6.07) is 6.44. The maximum Gasteiger partial charge on any atom is 0.127 e. The Morgan fingerprint density at radius 3 is 3.05 bits per heavy atom. The van der Waals surface area contributed by atoms with E-state index in [0.717, 1.165) is 38.2 Å². The summed E-state index contributed by atoms with van der Waals surface area (Å²) in [6.45, 7) is 1.66. The van der Waals surface area contributed by atoms with Gasteiger partial charge in [-0.25, -0.2) is 0 Å². The van der Waals surface area contributed by atoms with Gasteiger partial charge in [0.1, 0.15) is 5.75 Å². The average Bonchev–Trinajstić information content (AvgIpc) is 2.94. The van der Waals surface area contributed by atoms with E-state index >= 15 is 0 Å². The molecule has 4 heteroatoms. The largest absolute Gasteiger partial charge is 0.493 e. The third-order valence-corrected chi connectivity index (χ3v) is 4.09. The van der Waals surface area contributed by atoms with Crippen molar-refractivity contribution in [2.75, 3.05) is 13.2 Å². The number of ether oxygens (including phenoxy) is 2. The van der Waals surface area contributed by atoms with Gasteiger partial charge in [0.15, 0.2) is 0 Å². The van der Waals surface area contributed by atoms with Gasteiger partial charge in [0.2, 0.25) is 0 Å². The van der Waals surface area contributed by atoms with E-state index in [0.29, 0.717) is 6.10 Å². The van der Waals surface area contributed by atoms with Gasteiger partial charge in [-0.2, -0.15) is 0 Å². The molecule has 2 heterocycles. The maximum absolute atomic E-state index is 5.81. The van der Waals surface area contributed by atoms with Crippen molar-refractivity contribution in [1.82, 2.24) is 5.43 Å². The summed E-state index contributed by atoms with van der Waals surface area (Å²) in [5, 5.41) is 0. The van der Waals surface area contributed by atoms with Crippen molar-refractivity contribution in [2.45, 2.75) is 44.2 Å². The molecule has 0 amide bonds. The SMILES string of the molecule is NNC(CC1CCCCO1)c1cccc2c1OCC2. The fourth-order valence-electron chi connectivity index (χ4n) is 3.06. The molecule has 2 unspecified atom stereocenters. The molecule has 2 aliphatic heterocycles. The minimum atomic E-state index is 0.108. The number of hydrazine groups is 1. The highest BCUT2D eigenvalue weighted by molar-refractivity contribution is 5.45. The van der Waals surface area contributed by atoms with Gasteiger partial charge in [-0.1, -0.05) is 18.2 Å². The van der Waals surface area contributed by atoms with Crippen molar-refractivity contribution in [3.8, 4) is 5.75 Å². The number of hydrogen-bond donors (Lipinski definition) is 2.